The lowest BCUT2D eigenvalue weighted by Crippen LogP contribution is -2.52. The molecule has 0 aromatic carbocycles. The molecule has 27 heavy (non-hydrogen) atoms. The highest BCUT2D eigenvalue weighted by Crippen LogP contribution is 2.48. The standard InChI is InChI=1S/C22H43BO3Si/c1-15(2)27(16(3)4,17(5)6)24-20-13-12-18(7)14-19(20)23-25-21(8,9)22(10,11)26-23/h14-17,19-20H,12-13H2,1-11H3/t19-,20-/m0/s1. The maximum atomic E-state index is 7.21. The number of rotatable bonds is 6. The largest absolute Gasteiger partial charge is 0.467 e. The average Bonchev–Trinajstić information content (AvgIpc) is 2.72. The normalized spacial score (nSPS) is 28.4. The van der Waals surface area contributed by atoms with Crippen LogP contribution in [0.4, 0.5) is 0 Å². The summed E-state index contributed by atoms with van der Waals surface area (Å²) in [6.07, 6.45) is 4.73. The molecule has 0 bridgehead atoms. The molecule has 0 radical (unpaired) electrons. The molecule has 0 aromatic rings. The monoisotopic (exact) mass is 394 g/mol. The highest BCUT2D eigenvalue weighted by atomic mass is 28.4. The van der Waals surface area contributed by atoms with E-state index < -0.39 is 8.32 Å². The van der Waals surface area contributed by atoms with Gasteiger partial charge in [-0.15, -0.1) is 0 Å². The van der Waals surface area contributed by atoms with Crippen molar-refractivity contribution in [1.82, 2.24) is 0 Å². The molecule has 1 heterocycles. The summed E-state index contributed by atoms with van der Waals surface area (Å²) in [5.41, 5.74) is 2.59. The van der Waals surface area contributed by atoms with Crippen molar-refractivity contribution in [2.45, 2.75) is 129 Å². The Morgan fingerprint density at radius 3 is 1.81 bits per heavy atom. The van der Waals surface area contributed by atoms with E-state index >= 15 is 0 Å². The molecule has 156 valence electrons. The minimum atomic E-state index is -1.94. The number of allylic oxidation sites excluding steroid dienone is 1. The van der Waals surface area contributed by atoms with Crippen molar-refractivity contribution >= 4 is 15.4 Å². The van der Waals surface area contributed by atoms with Gasteiger partial charge in [0.25, 0.3) is 0 Å². The first-order valence-electron chi connectivity index (χ1n) is 11.0. The lowest BCUT2D eigenvalue weighted by molar-refractivity contribution is 0.00578. The van der Waals surface area contributed by atoms with E-state index in [-0.39, 0.29) is 30.2 Å². The van der Waals surface area contributed by atoms with E-state index in [1.54, 1.807) is 0 Å². The van der Waals surface area contributed by atoms with E-state index in [0.717, 1.165) is 12.8 Å². The molecule has 2 aliphatic rings. The third-order valence-electron chi connectivity index (χ3n) is 7.38. The summed E-state index contributed by atoms with van der Waals surface area (Å²) >= 11 is 0. The SMILES string of the molecule is CC1=C[C@H](B2OC(C)(C)C(C)(C)O2)[C@@H](O[Si](C(C)C)(C(C)C)C(C)C)CC1. The van der Waals surface area contributed by atoms with Crippen LogP contribution >= 0.6 is 0 Å². The van der Waals surface area contributed by atoms with Crippen molar-refractivity contribution in [2.24, 2.45) is 0 Å². The molecule has 1 aliphatic heterocycles. The Hall–Kier alpha value is -0.0982. The number of hydrogen-bond acceptors (Lipinski definition) is 3. The first-order chi connectivity index (χ1) is 12.2. The topological polar surface area (TPSA) is 27.7 Å². The second-order valence-electron chi connectivity index (χ2n) is 10.7. The summed E-state index contributed by atoms with van der Waals surface area (Å²) in [5.74, 6) is 0.169. The lowest BCUT2D eigenvalue weighted by atomic mass is 9.65. The predicted molar refractivity (Wildman–Crippen MR) is 119 cm³/mol. The van der Waals surface area contributed by atoms with Gasteiger partial charge < -0.3 is 13.7 Å². The van der Waals surface area contributed by atoms with E-state index in [9.17, 15) is 0 Å². The molecule has 5 heteroatoms. The van der Waals surface area contributed by atoms with Crippen molar-refractivity contribution < 1.29 is 13.7 Å². The summed E-state index contributed by atoms with van der Waals surface area (Å²) in [7, 11) is -2.17. The summed E-state index contributed by atoms with van der Waals surface area (Å²) < 4.78 is 20.1. The Morgan fingerprint density at radius 1 is 0.963 bits per heavy atom. The zero-order chi connectivity index (χ0) is 20.8. The molecule has 0 aromatic heterocycles. The first-order valence-corrected chi connectivity index (χ1v) is 13.1. The summed E-state index contributed by atoms with van der Waals surface area (Å²) in [4.78, 5) is 0. The Labute approximate surface area is 169 Å². The molecular formula is C22H43BO3Si. The third kappa shape index (κ3) is 4.27. The zero-order valence-corrected chi connectivity index (χ0v) is 20.7. The summed E-state index contributed by atoms with van der Waals surface area (Å²) in [6.45, 7) is 24.9. The molecule has 0 amide bonds. The Morgan fingerprint density at radius 2 is 1.41 bits per heavy atom. The molecule has 0 unspecified atom stereocenters. The smallest absolute Gasteiger partial charge is 0.413 e. The highest BCUT2D eigenvalue weighted by molar-refractivity contribution is 6.77. The number of hydrogen-bond donors (Lipinski definition) is 0. The van der Waals surface area contributed by atoms with Gasteiger partial charge in [0.2, 0.25) is 8.32 Å². The van der Waals surface area contributed by atoms with Gasteiger partial charge in [-0.1, -0.05) is 53.2 Å². The summed E-state index contributed by atoms with van der Waals surface area (Å²) in [6, 6.07) is 0. The molecule has 1 saturated heterocycles. The fourth-order valence-electron chi connectivity index (χ4n) is 5.19. The van der Waals surface area contributed by atoms with Crippen molar-refractivity contribution in [3.05, 3.63) is 11.6 Å². The van der Waals surface area contributed by atoms with Crippen LogP contribution in [0.1, 0.15) is 89.0 Å². The van der Waals surface area contributed by atoms with Gasteiger partial charge >= 0.3 is 7.12 Å². The van der Waals surface area contributed by atoms with Gasteiger partial charge in [0.1, 0.15) is 0 Å². The van der Waals surface area contributed by atoms with Crippen LogP contribution in [-0.4, -0.2) is 32.7 Å². The Balaban J connectivity index is 2.35. The van der Waals surface area contributed by atoms with Crippen LogP contribution in [0, 0.1) is 0 Å². The van der Waals surface area contributed by atoms with Gasteiger partial charge in [0.15, 0.2) is 0 Å². The average molecular weight is 394 g/mol. The van der Waals surface area contributed by atoms with Crippen molar-refractivity contribution in [1.29, 1.82) is 0 Å². The highest BCUT2D eigenvalue weighted by Gasteiger charge is 2.56. The van der Waals surface area contributed by atoms with Crippen molar-refractivity contribution in [3.8, 4) is 0 Å². The van der Waals surface area contributed by atoms with E-state index in [0.29, 0.717) is 16.6 Å². The van der Waals surface area contributed by atoms with E-state index in [1.165, 1.54) is 5.57 Å². The molecular weight excluding hydrogens is 351 g/mol. The van der Waals surface area contributed by atoms with Gasteiger partial charge in [-0.2, -0.15) is 0 Å². The second-order valence-corrected chi connectivity index (χ2v) is 16.1. The third-order valence-corrected chi connectivity index (χ3v) is 13.5. The van der Waals surface area contributed by atoms with Crippen LogP contribution in [0.2, 0.25) is 22.4 Å². The molecule has 2 atom stereocenters. The quantitative estimate of drug-likeness (QED) is 0.368. The van der Waals surface area contributed by atoms with E-state index in [4.69, 9.17) is 13.7 Å². The van der Waals surface area contributed by atoms with Gasteiger partial charge in [0, 0.05) is 5.82 Å². The predicted octanol–water partition coefficient (Wildman–Crippen LogP) is 6.75. The van der Waals surface area contributed by atoms with Crippen molar-refractivity contribution in [3.63, 3.8) is 0 Å². The maximum absolute atomic E-state index is 7.21. The van der Waals surface area contributed by atoms with E-state index in [2.05, 4.69) is 82.2 Å². The van der Waals surface area contributed by atoms with Crippen LogP contribution in [-0.2, 0) is 13.7 Å². The fraction of sp³-hybridized carbons (Fsp3) is 0.909. The van der Waals surface area contributed by atoms with Gasteiger partial charge in [-0.25, -0.2) is 0 Å². The molecule has 0 spiro atoms. The van der Waals surface area contributed by atoms with Crippen LogP contribution < -0.4 is 0 Å². The zero-order valence-electron chi connectivity index (χ0n) is 19.7. The van der Waals surface area contributed by atoms with Gasteiger partial charge in [-0.05, 0) is 64.1 Å². The fourth-order valence-corrected chi connectivity index (χ4v) is 10.8. The van der Waals surface area contributed by atoms with Crippen molar-refractivity contribution in [2.75, 3.05) is 0 Å². The Bertz CT molecular complexity index is 516. The van der Waals surface area contributed by atoms with Crippen LogP contribution in [0.3, 0.4) is 0 Å². The molecule has 0 N–H and O–H groups in total. The molecule has 2 rings (SSSR count). The maximum Gasteiger partial charge on any atom is 0.467 e. The molecule has 1 aliphatic carbocycles. The molecule has 1 fully saturated rings. The summed E-state index contributed by atoms with van der Waals surface area (Å²) in [5, 5.41) is 0. The van der Waals surface area contributed by atoms with Crippen LogP contribution in [0.15, 0.2) is 11.6 Å². The minimum absolute atomic E-state index is 0.169. The van der Waals surface area contributed by atoms with Crippen LogP contribution in [0.25, 0.3) is 0 Å². The molecule has 3 nitrogen and oxygen atoms in total. The van der Waals surface area contributed by atoms with Crippen LogP contribution in [0.5, 0.6) is 0 Å². The van der Waals surface area contributed by atoms with Gasteiger partial charge in [-0.3, -0.25) is 0 Å². The van der Waals surface area contributed by atoms with E-state index in [1.807, 2.05) is 0 Å². The Kier molecular flexibility index (Phi) is 6.84. The minimum Gasteiger partial charge on any atom is -0.413 e. The lowest BCUT2D eigenvalue weighted by Gasteiger charge is -2.47. The van der Waals surface area contributed by atoms with Gasteiger partial charge in [0.05, 0.1) is 17.3 Å². The molecule has 0 saturated carbocycles. The first kappa shape index (κ1) is 23.2. The second kappa shape index (κ2) is 7.97.